The van der Waals surface area contributed by atoms with Crippen molar-refractivity contribution >= 4 is 40.6 Å². The van der Waals surface area contributed by atoms with E-state index in [1.165, 1.54) is 11.8 Å². The van der Waals surface area contributed by atoms with E-state index in [0.717, 1.165) is 15.7 Å². The van der Waals surface area contributed by atoms with E-state index in [4.69, 9.17) is 0 Å². The molecule has 1 N–H and O–H groups in total. The zero-order valence-electron chi connectivity index (χ0n) is 14.1. The van der Waals surface area contributed by atoms with Crippen LogP contribution in [0.4, 0.5) is 5.69 Å². The molecule has 2 amide bonds. The molecule has 0 unspecified atom stereocenters. The quantitative estimate of drug-likeness (QED) is 0.814. The third-order valence-electron chi connectivity index (χ3n) is 4.18. The van der Waals surface area contributed by atoms with Crippen LogP contribution in [0.1, 0.15) is 18.5 Å². The summed E-state index contributed by atoms with van der Waals surface area (Å²) in [7, 11) is 0. The zero-order chi connectivity index (χ0) is 17.6. The average Bonchev–Trinajstić information content (AvgIpc) is 3.06. The van der Waals surface area contributed by atoms with Crippen molar-refractivity contribution in [2.24, 2.45) is 5.92 Å². The molecule has 1 aliphatic rings. The van der Waals surface area contributed by atoms with E-state index < -0.39 is 0 Å². The summed E-state index contributed by atoms with van der Waals surface area (Å²) in [6.45, 7) is 3.24. The third kappa shape index (κ3) is 5.06. The minimum absolute atomic E-state index is 0.0291. The lowest BCUT2D eigenvalue weighted by Crippen LogP contribution is -2.42. The molecule has 0 radical (unpaired) electrons. The second-order valence-corrected chi connectivity index (χ2v) is 8.13. The van der Waals surface area contributed by atoms with Crippen molar-refractivity contribution < 1.29 is 9.59 Å². The number of piperidine rings is 1. The van der Waals surface area contributed by atoms with Crippen LogP contribution in [-0.2, 0) is 9.59 Å². The molecular weight excluding hydrogens is 354 g/mol. The highest BCUT2D eigenvalue weighted by atomic mass is 32.2. The summed E-state index contributed by atoms with van der Waals surface area (Å²) in [6, 6.07) is 9.49. The van der Waals surface area contributed by atoms with Gasteiger partial charge in [-0.05, 0) is 31.9 Å². The molecule has 2 heterocycles. The first-order valence-electron chi connectivity index (χ1n) is 8.30. The van der Waals surface area contributed by atoms with Crippen LogP contribution in [0.5, 0.6) is 0 Å². The molecule has 1 aliphatic heterocycles. The van der Waals surface area contributed by atoms with Gasteiger partial charge in [-0.1, -0.05) is 30.0 Å². The van der Waals surface area contributed by atoms with Crippen molar-refractivity contribution in [1.29, 1.82) is 0 Å². The van der Waals surface area contributed by atoms with Gasteiger partial charge < -0.3 is 10.2 Å². The Labute approximate surface area is 155 Å². The van der Waals surface area contributed by atoms with Gasteiger partial charge in [-0.25, -0.2) is 4.98 Å². The highest BCUT2D eigenvalue weighted by Gasteiger charge is 2.27. The molecule has 7 heteroatoms. The molecule has 1 aromatic carbocycles. The van der Waals surface area contributed by atoms with Crippen molar-refractivity contribution in [3.8, 4) is 0 Å². The Kier molecular flexibility index (Phi) is 6.09. The summed E-state index contributed by atoms with van der Waals surface area (Å²) in [5, 5.41) is 4.94. The number of thioether (sulfide) groups is 1. The van der Waals surface area contributed by atoms with Gasteiger partial charge in [0.15, 0.2) is 4.34 Å². The van der Waals surface area contributed by atoms with E-state index >= 15 is 0 Å². The Morgan fingerprint density at radius 1 is 1.28 bits per heavy atom. The molecule has 0 saturated carbocycles. The molecule has 1 fully saturated rings. The number of thiazole rings is 1. The number of rotatable bonds is 5. The number of aromatic nitrogens is 1. The number of nitrogens with one attached hydrogen (secondary N) is 1. The number of hydrogen-bond acceptors (Lipinski definition) is 5. The van der Waals surface area contributed by atoms with E-state index in [-0.39, 0.29) is 17.7 Å². The molecule has 5 nitrogen and oxygen atoms in total. The number of nitrogens with zero attached hydrogens (tertiary/aromatic N) is 2. The molecule has 2 aromatic rings. The van der Waals surface area contributed by atoms with Crippen molar-refractivity contribution in [3.63, 3.8) is 0 Å². The standard InChI is InChI=1S/C18H21N3O2S2/c1-13-11-24-18(19-13)25-12-16(22)21-9-7-14(8-10-21)17(23)20-15-5-3-2-4-6-15/h2-6,11,14H,7-10,12H2,1H3,(H,20,23). The van der Waals surface area contributed by atoms with Crippen molar-refractivity contribution in [2.45, 2.75) is 24.1 Å². The van der Waals surface area contributed by atoms with Crippen LogP contribution < -0.4 is 5.32 Å². The van der Waals surface area contributed by atoms with Gasteiger partial charge >= 0.3 is 0 Å². The predicted octanol–water partition coefficient (Wildman–Crippen LogP) is 3.42. The lowest BCUT2D eigenvalue weighted by molar-refractivity contribution is -0.132. The largest absolute Gasteiger partial charge is 0.342 e. The first-order valence-corrected chi connectivity index (χ1v) is 10.2. The lowest BCUT2D eigenvalue weighted by atomic mass is 9.96. The maximum atomic E-state index is 12.3. The molecule has 1 aromatic heterocycles. The summed E-state index contributed by atoms with van der Waals surface area (Å²) in [5.74, 6) is 0.553. The topological polar surface area (TPSA) is 62.3 Å². The van der Waals surface area contributed by atoms with Gasteiger partial charge in [0.25, 0.3) is 0 Å². The van der Waals surface area contributed by atoms with Crippen molar-refractivity contribution in [2.75, 3.05) is 24.2 Å². The third-order valence-corrected chi connectivity index (χ3v) is 6.30. The highest BCUT2D eigenvalue weighted by Crippen LogP contribution is 2.24. The van der Waals surface area contributed by atoms with Gasteiger partial charge in [0.1, 0.15) is 0 Å². The summed E-state index contributed by atoms with van der Waals surface area (Å²) in [6.07, 6.45) is 1.43. The van der Waals surface area contributed by atoms with Gasteiger partial charge in [-0.15, -0.1) is 11.3 Å². The van der Waals surface area contributed by atoms with E-state index in [1.807, 2.05) is 47.5 Å². The smallest absolute Gasteiger partial charge is 0.233 e. The number of benzene rings is 1. The maximum absolute atomic E-state index is 12.3. The Hall–Kier alpha value is -1.86. The fourth-order valence-electron chi connectivity index (χ4n) is 2.77. The maximum Gasteiger partial charge on any atom is 0.233 e. The first-order chi connectivity index (χ1) is 12.1. The number of anilines is 1. The number of carbonyl (C=O) groups excluding carboxylic acids is 2. The molecule has 1 saturated heterocycles. The van der Waals surface area contributed by atoms with Crippen LogP contribution >= 0.6 is 23.1 Å². The van der Waals surface area contributed by atoms with Gasteiger partial charge in [-0.2, -0.15) is 0 Å². The molecule has 0 atom stereocenters. The predicted molar refractivity (Wildman–Crippen MR) is 102 cm³/mol. The number of amides is 2. The normalized spacial score (nSPS) is 15.2. The first kappa shape index (κ1) is 17.9. The highest BCUT2D eigenvalue weighted by molar-refractivity contribution is 8.01. The SMILES string of the molecule is Cc1csc(SCC(=O)N2CCC(C(=O)Nc3ccccc3)CC2)n1. The number of hydrogen-bond donors (Lipinski definition) is 1. The number of carbonyl (C=O) groups is 2. The lowest BCUT2D eigenvalue weighted by Gasteiger charge is -2.31. The fraction of sp³-hybridized carbons (Fsp3) is 0.389. The fourth-order valence-corrected chi connectivity index (χ4v) is 4.52. The Morgan fingerprint density at radius 2 is 2.00 bits per heavy atom. The van der Waals surface area contributed by atoms with Crippen molar-refractivity contribution in [1.82, 2.24) is 9.88 Å². The van der Waals surface area contributed by atoms with Crippen LogP contribution in [0.2, 0.25) is 0 Å². The Morgan fingerprint density at radius 3 is 2.64 bits per heavy atom. The number of likely N-dealkylation sites (tertiary alicyclic amines) is 1. The average molecular weight is 376 g/mol. The molecule has 132 valence electrons. The van der Waals surface area contributed by atoms with Gasteiger partial charge in [-0.3, -0.25) is 9.59 Å². The van der Waals surface area contributed by atoms with Gasteiger partial charge in [0.2, 0.25) is 11.8 Å². The molecule has 0 spiro atoms. The molecule has 0 bridgehead atoms. The minimum atomic E-state index is -0.0291. The summed E-state index contributed by atoms with van der Waals surface area (Å²) in [4.78, 5) is 30.9. The number of aryl methyl sites for hydroxylation is 1. The van der Waals surface area contributed by atoms with Crippen LogP contribution in [0.3, 0.4) is 0 Å². The summed E-state index contributed by atoms with van der Waals surface area (Å²) in [5.41, 5.74) is 1.81. The van der Waals surface area contributed by atoms with Crippen LogP contribution in [-0.4, -0.2) is 40.5 Å². The van der Waals surface area contributed by atoms with E-state index in [2.05, 4.69) is 10.3 Å². The molecular formula is C18H21N3O2S2. The van der Waals surface area contributed by atoms with Crippen LogP contribution in [0.15, 0.2) is 40.1 Å². The van der Waals surface area contributed by atoms with E-state index in [1.54, 1.807) is 11.3 Å². The van der Waals surface area contributed by atoms with Gasteiger partial charge in [0.05, 0.1) is 5.75 Å². The minimum Gasteiger partial charge on any atom is -0.342 e. The van der Waals surface area contributed by atoms with Crippen LogP contribution in [0.25, 0.3) is 0 Å². The van der Waals surface area contributed by atoms with Gasteiger partial charge in [0, 0.05) is 35.8 Å². The monoisotopic (exact) mass is 375 g/mol. The molecule has 0 aliphatic carbocycles. The zero-order valence-corrected chi connectivity index (χ0v) is 15.7. The van der Waals surface area contributed by atoms with E-state index in [0.29, 0.717) is 31.7 Å². The second-order valence-electron chi connectivity index (χ2n) is 6.05. The Bertz CT molecular complexity index is 725. The summed E-state index contributed by atoms with van der Waals surface area (Å²) < 4.78 is 0.933. The van der Waals surface area contributed by atoms with Crippen LogP contribution in [0, 0.1) is 12.8 Å². The summed E-state index contributed by atoms with van der Waals surface area (Å²) >= 11 is 3.06. The number of para-hydroxylation sites is 1. The van der Waals surface area contributed by atoms with E-state index in [9.17, 15) is 9.59 Å². The Balaban J connectivity index is 1.43. The second kappa shape index (κ2) is 8.49. The molecule has 25 heavy (non-hydrogen) atoms. The van der Waals surface area contributed by atoms with Crippen molar-refractivity contribution in [3.05, 3.63) is 41.4 Å². The molecule has 3 rings (SSSR count).